The number of aromatic carboxylic acids is 1. The number of carboxylic acid groups (broad SMARTS) is 1. The van der Waals surface area contributed by atoms with Crippen LogP contribution in [0.5, 0.6) is 0 Å². The lowest BCUT2D eigenvalue weighted by Gasteiger charge is -2.37. The fourth-order valence-corrected chi connectivity index (χ4v) is 4.56. The molecular formula is C26H23F3N2O4. The molecule has 4 aromatic rings. The highest BCUT2D eigenvalue weighted by atomic mass is 19.4. The Morgan fingerprint density at radius 1 is 0.914 bits per heavy atom. The predicted molar refractivity (Wildman–Crippen MR) is 125 cm³/mol. The van der Waals surface area contributed by atoms with Crippen LogP contribution in [-0.2, 0) is 19.7 Å². The van der Waals surface area contributed by atoms with Crippen molar-refractivity contribution < 1.29 is 28.2 Å². The highest BCUT2D eigenvalue weighted by molar-refractivity contribution is 5.89. The van der Waals surface area contributed by atoms with Gasteiger partial charge in [-0.3, -0.25) is 9.13 Å². The van der Waals surface area contributed by atoms with Gasteiger partial charge in [0.1, 0.15) is 0 Å². The van der Waals surface area contributed by atoms with Crippen molar-refractivity contribution in [2.24, 2.45) is 14.1 Å². The normalized spacial score (nSPS) is 14.6. The van der Waals surface area contributed by atoms with Crippen molar-refractivity contribution in [2.75, 3.05) is 0 Å². The molecule has 2 atom stereocenters. The lowest BCUT2D eigenvalue weighted by molar-refractivity contribution is -0.274. The Morgan fingerprint density at radius 2 is 1.54 bits per heavy atom. The van der Waals surface area contributed by atoms with Gasteiger partial charge in [0.25, 0.3) is 0 Å². The number of alkyl halides is 3. The van der Waals surface area contributed by atoms with Gasteiger partial charge in [0.15, 0.2) is 5.60 Å². The Labute approximate surface area is 198 Å². The number of hydrogen-bond acceptors (Lipinski definition) is 3. The van der Waals surface area contributed by atoms with E-state index >= 15 is 0 Å². The molecule has 2 unspecified atom stereocenters. The highest BCUT2D eigenvalue weighted by Gasteiger charge is 2.59. The average molecular weight is 484 g/mol. The molecular weight excluding hydrogens is 461 g/mol. The molecule has 35 heavy (non-hydrogen) atoms. The zero-order valence-corrected chi connectivity index (χ0v) is 19.2. The standard InChI is InChI=1S/C26H23F3N2O4/c1-15(20-13-17(23(32)33)9-11-19(20)16-7-5-4-6-8-16)25(35,26(27,28)29)18-10-12-21-22(14-18)31(3)24(34)30(21)2/h4-15,35H,1-3H3,(H,32,33). The van der Waals surface area contributed by atoms with E-state index in [0.29, 0.717) is 16.6 Å². The molecule has 0 aliphatic carbocycles. The zero-order chi connectivity index (χ0) is 25.7. The molecule has 3 aromatic carbocycles. The minimum absolute atomic E-state index is 0.0259. The summed E-state index contributed by atoms with van der Waals surface area (Å²) in [6.45, 7) is 1.22. The average Bonchev–Trinajstić information content (AvgIpc) is 3.05. The number of aliphatic hydroxyl groups is 1. The fourth-order valence-electron chi connectivity index (χ4n) is 4.56. The van der Waals surface area contributed by atoms with E-state index in [-0.39, 0.29) is 16.6 Å². The van der Waals surface area contributed by atoms with Crippen molar-refractivity contribution in [1.29, 1.82) is 0 Å². The van der Waals surface area contributed by atoms with Crippen LogP contribution in [0.3, 0.4) is 0 Å². The third-order valence-corrected chi connectivity index (χ3v) is 6.62. The van der Waals surface area contributed by atoms with Crippen LogP contribution < -0.4 is 5.69 Å². The number of aromatic nitrogens is 2. The number of nitrogens with zero attached hydrogens (tertiary/aromatic N) is 2. The Morgan fingerprint density at radius 3 is 2.14 bits per heavy atom. The molecule has 0 saturated carbocycles. The first-order chi connectivity index (χ1) is 16.4. The van der Waals surface area contributed by atoms with E-state index in [4.69, 9.17) is 0 Å². The molecule has 182 valence electrons. The van der Waals surface area contributed by atoms with Gasteiger partial charge >= 0.3 is 17.8 Å². The van der Waals surface area contributed by atoms with Crippen LogP contribution in [0.25, 0.3) is 22.2 Å². The summed E-state index contributed by atoms with van der Waals surface area (Å²) < 4.78 is 46.5. The molecule has 0 bridgehead atoms. The number of imidazole rings is 1. The lowest BCUT2D eigenvalue weighted by atomic mass is 9.75. The minimum atomic E-state index is -5.12. The number of carboxylic acids is 1. The molecule has 0 saturated heterocycles. The number of carbonyl (C=O) groups is 1. The quantitative estimate of drug-likeness (QED) is 0.427. The van der Waals surface area contributed by atoms with Crippen LogP contribution in [0, 0.1) is 0 Å². The van der Waals surface area contributed by atoms with Gasteiger partial charge in [-0.1, -0.05) is 49.4 Å². The Bertz CT molecular complexity index is 1490. The highest BCUT2D eigenvalue weighted by Crippen LogP contribution is 2.50. The maximum Gasteiger partial charge on any atom is 0.422 e. The summed E-state index contributed by atoms with van der Waals surface area (Å²) in [4.78, 5) is 23.9. The van der Waals surface area contributed by atoms with E-state index in [0.717, 1.165) is 12.1 Å². The smallest absolute Gasteiger partial charge is 0.422 e. The van der Waals surface area contributed by atoms with Crippen LogP contribution in [0.2, 0.25) is 0 Å². The minimum Gasteiger partial charge on any atom is -0.478 e. The van der Waals surface area contributed by atoms with E-state index in [2.05, 4.69) is 0 Å². The number of aryl methyl sites for hydroxylation is 2. The van der Waals surface area contributed by atoms with Gasteiger partial charge < -0.3 is 10.2 Å². The molecule has 0 aliphatic rings. The first kappa shape index (κ1) is 24.3. The van der Waals surface area contributed by atoms with Gasteiger partial charge in [-0.2, -0.15) is 13.2 Å². The van der Waals surface area contributed by atoms with Gasteiger partial charge in [-0.05, 0) is 46.5 Å². The van der Waals surface area contributed by atoms with Crippen LogP contribution in [-0.4, -0.2) is 31.5 Å². The topological polar surface area (TPSA) is 84.5 Å². The second-order valence-corrected chi connectivity index (χ2v) is 8.56. The van der Waals surface area contributed by atoms with Crippen molar-refractivity contribution in [3.8, 4) is 11.1 Å². The number of rotatable bonds is 5. The predicted octanol–water partition coefficient (Wildman–Crippen LogP) is 4.80. The fraction of sp³-hybridized carbons (Fsp3) is 0.231. The van der Waals surface area contributed by atoms with Gasteiger partial charge in [0.05, 0.1) is 16.6 Å². The maximum absolute atomic E-state index is 14.7. The van der Waals surface area contributed by atoms with Crippen molar-refractivity contribution >= 4 is 17.0 Å². The van der Waals surface area contributed by atoms with Gasteiger partial charge in [0.2, 0.25) is 0 Å². The summed E-state index contributed by atoms with van der Waals surface area (Å²) >= 11 is 0. The molecule has 1 aromatic heterocycles. The van der Waals surface area contributed by atoms with Gasteiger partial charge in [0, 0.05) is 20.0 Å². The SMILES string of the molecule is CC(c1cc(C(=O)O)ccc1-c1ccccc1)C(O)(c1ccc2c(c1)n(C)c(=O)n2C)C(F)(F)F. The largest absolute Gasteiger partial charge is 0.478 e. The molecule has 0 fully saturated rings. The third kappa shape index (κ3) is 3.81. The van der Waals surface area contributed by atoms with E-state index in [1.807, 2.05) is 0 Å². The summed E-state index contributed by atoms with van der Waals surface area (Å²) in [5, 5.41) is 20.9. The van der Waals surface area contributed by atoms with Gasteiger partial charge in [-0.25, -0.2) is 9.59 Å². The first-order valence-corrected chi connectivity index (χ1v) is 10.8. The van der Waals surface area contributed by atoms with Crippen molar-refractivity contribution in [3.05, 3.63) is 93.9 Å². The molecule has 4 rings (SSSR count). The molecule has 0 aliphatic heterocycles. The van der Waals surface area contributed by atoms with Gasteiger partial charge in [-0.15, -0.1) is 0 Å². The third-order valence-electron chi connectivity index (χ3n) is 6.62. The van der Waals surface area contributed by atoms with Crippen molar-refractivity contribution in [2.45, 2.75) is 24.6 Å². The summed E-state index contributed by atoms with van der Waals surface area (Å²) in [6, 6.07) is 16.2. The van der Waals surface area contributed by atoms with Crippen molar-refractivity contribution in [3.63, 3.8) is 0 Å². The van der Waals surface area contributed by atoms with Crippen molar-refractivity contribution in [1.82, 2.24) is 9.13 Å². The maximum atomic E-state index is 14.7. The summed E-state index contributed by atoms with van der Waals surface area (Å²) in [5.41, 5.74) is -2.82. The van der Waals surface area contributed by atoms with Crippen LogP contribution in [0.4, 0.5) is 13.2 Å². The summed E-state index contributed by atoms with van der Waals surface area (Å²) in [5.74, 6) is -2.90. The molecule has 0 amide bonds. The molecule has 0 radical (unpaired) electrons. The molecule has 0 spiro atoms. The molecule has 9 heteroatoms. The molecule has 6 nitrogen and oxygen atoms in total. The number of benzene rings is 3. The van der Waals surface area contributed by atoms with E-state index in [9.17, 15) is 33.0 Å². The second-order valence-electron chi connectivity index (χ2n) is 8.56. The monoisotopic (exact) mass is 484 g/mol. The van der Waals surface area contributed by atoms with E-state index in [1.165, 1.54) is 54.4 Å². The number of halogens is 3. The zero-order valence-electron chi connectivity index (χ0n) is 19.2. The first-order valence-electron chi connectivity index (χ1n) is 10.8. The summed E-state index contributed by atoms with van der Waals surface area (Å²) in [7, 11) is 2.95. The Balaban J connectivity index is 1.99. The molecule has 1 heterocycles. The van der Waals surface area contributed by atoms with Crippen LogP contribution in [0.1, 0.15) is 34.3 Å². The van der Waals surface area contributed by atoms with Crippen LogP contribution in [0.15, 0.2) is 71.5 Å². The second kappa shape index (κ2) is 8.42. The van der Waals surface area contributed by atoms with Crippen LogP contribution >= 0.6 is 0 Å². The van der Waals surface area contributed by atoms with E-state index in [1.54, 1.807) is 30.3 Å². The van der Waals surface area contributed by atoms with E-state index < -0.39 is 34.9 Å². The molecule has 2 N–H and O–H groups in total. The Hall–Kier alpha value is -3.85. The number of fused-ring (bicyclic) bond motifs is 1. The summed E-state index contributed by atoms with van der Waals surface area (Å²) in [6.07, 6.45) is -5.12. The number of hydrogen-bond donors (Lipinski definition) is 2. The lowest BCUT2D eigenvalue weighted by Crippen LogP contribution is -2.46. The Kier molecular flexibility index (Phi) is 5.84.